The van der Waals surface area contributed by atoms with Crippen LogP contribution in [0.15, 0.2) is 18.2 Å². The molecule has 0 fully saturated rings. The maximum Gasteiger partial charge on any atom is 0.401 e. The molecule has 1 unspecified atom stereocenters. The first-order chi connectivity index (χ1) is 8.56. The molecule has 0 aliphatic rings. The van der Waals surface area contributed by atoms with Crippen LogP contribution >= 0.6 is 11.6 Å². The maximum atomic E-state index is 13.0. The molecule has 0 saturated heterocycles. The van der Waals surface area contributed by atoms with Crippen LogP contribution in [0, 0.1) is 5.82 Å². The Hall–Kier alpha value is -1.34. The van der Waals surface area contributed by atoms with Gasteiger partial charge in [0.15, 0.2) is 0 Å². The van der Waals surface area contributed by atoms with E-state index in [0.29, 0.717) is 0 Å². The van der Waals surface area contributed by atoms with Crippen LogP contribution in [0.25, 0.3) is 0 Å². The summed E-state index contributed by atoms with van der Waals surface area (Å²) in [5, 5.41) is 10.6. The number of aliphatic carboxylic acids is 1. The van der Waals surface area contributed by atoms with E-state index in [2.05, 4.69) is 0 Å². The Morgan fingerprint density at radius 1 is 1.42 bits per heavy atom. The molecule has 0 bridgehead atoms. The summed E-state index contributed by atoms with van der Waals surface area (Å²) in [6.45, 7) is -0.449. The van der Waals surface area contributed by atoms with Crippen molar-refractivity contribution >= 4 is 17.6 Å². The van der Waals surface area contributed by atoms with E-state index >= 15 is 0 Å². The number of carboxylic acids is 1. The van der Waals surface area contributed by atoms with Crippen molar-refractivity contribution in [1.29, 1.82) is 0 Å². The zero-order chi connectivity index (χ0) is 14.8. The summed E-state index contributed by atoms with van der Waals surface area (Å²) >= 11 is 5.50. The van der Waals surface area contributed by atoms with Crippen LogP contribution in [0.1, 0.15) is 12.5 Å². The highest BCUT2D eigenvalue weighted by Crippen LogP contribution is 2.27. The van der Waals surface area contributed by atoms with Crippen molar-refractivity contribution in [2.45, 2.75) is 18.6 Å². The van der Waals surface area contributed by atoms with Gasteiger partial charge in [0.25, 0.3) is 0 Å². The van der Waals surface area contributed by atoms with Crippen LogP contribution in [0.4, 0.5) is 17.6 Å². The molecule has 0 heterocycles. The summed E-state index contributed by atoms with van der Waals surface area (Å²) in [6, 6.07) is 2.95. The van der Waals surface area contributed by atoms with E-state index < -0.39 is 30.0 Å². The molecule has 3 nitrogen and oxygen atoms in total. The van der Waals surface area contributed by atoms with Gasteiger partial charge in [-0.15, -0.1) is 0 Å². The molecule has 1 atom stereocenters. The number of alkyl halides is 3. The molecule has 0 radical (unpaired) electrons. The summed E-state index contributed by atoms with van der Waals surface area (Å²) in [5.41, 5.74) is -2.09. The van der Waals surface area contributed by atoms with Crippen LogP contribution in [0.5, 0.6) is 0 Å². The van der Waals surface area contributed by atoms with Crippen LogP contribution < -0.4 is 5.32 Å². The topological polar surface area (TPSA) is 49.3 Å². The van der Waals surface area contributed by atoms with Gasteiger partial charge >= 0.3 is 12.1 Å². The second kappa shape index (κ2) is 5.34. The van der Waals surface area contributed by atoms with E-state index in [-0.39, 0.29) is 10.6 Å². The largest absolute Gasteiger partial charge is 0.480 e. The molecule has 1 aromatic rings. The predicted octanol–water partition coefficient (Wildman–Crippen LogP) is 2.93. The van der Waals surface area contributed by atoms with Crippen LogP contribution in [-0.2, 0) is 10.3 Å². The number of carbonyl (C=O) groups is 1. The smallest absolute Gasteiger partial charge is 0.401 e. The number of nitrogens with one attached hydrogen (secondary N) is 1. The number of hydrogen-bond donors (Lipinski definition) is 2. The molecule has 0 aliphatic carbocycles. The molecule has 1 rings (SSSR count). The lowest BCUT2D eigenvalue weighted by atomic mass is 9.92. The predicted molar refractivity (Wildman–Crippen MR) is 60.5 cm³/mol. The third-order valence-electron chi connectivity index (χ3n) is 2.57. The average molecular weight is 300 g/mol. The summed E-state index contributed by atoms with van der Waals surface area (Å²) in [4.78, 5) is 11.2. The normalized spacial score (nSPS) is 15.1. The monoisotopic (exact) mass is 299 g/mol. The fraction of sp³-hybridized carbons (Fsp3) is 0.364. The average Bonchev–Trinajstić information content (AvgIpc) is 2.28. The Bertz CT molecular complexity index is 492. The molecule has 1 aromatic carbocycles. The second-order valence-electron chi connectivity index (χ2n) is 4.03. The van der Waals surface area contributed by atoms with E-state index in [9.17, 15) is 22.4 Å². The van der Waals surface area contributed by atoms with Crippen molar-refractivity contribution in [2.24, 2.45) is 0 Å². The number of carboxylic acid groups (broad SMARTS) is 1. The first-order valence-electron chi connectivity index (χ1n) is 5.07. The van der Waals surface area contributed by atoms with E-state index in [0.717, 1.165) is 25.1 Å². The highest BCUT2D eigenvalue weighted by atomic mass is 35.5. The SMILES string of the molecule is CC(NCC(F)(F)F)(C(=O)O)c1ccc(F)c(Cl)c1. The first kappa shape index (κ1) is 15.7. The highest BCUT2D eigenvalue weighted by Gasteiger charge is 2.39. The third kappa shape index (κ3) is 3.81. The molecule has 0 spiro atoms. The summed E-state index contributed by atoms with van der Waals surface area (Å²) in [7, 11) is 0. The van der Waals surface area contributed by atoms with Crippen LogP contribution in [0.3, 0.4) is 0 Å². The lowest BCUT2D eigenvalue weighted by Gasteiger charge is -2.27. The summed E-state index contributed by atoms with van der Waals surface area (Å²) in [5.74, 6) is -2.31. The molecule has 0 amide bonds. The Morgan fingerprint density at radius 3 is 2.42 bits per heavy atom. The summed E-state index contributed by atoms with van der Waals surface area (Å²) in [6.07, 6.45) is -4.57. The molecular formula is C11H10ClF4NO2. The standard InChI is InChI=1S/C11H10ClF4NO2/c1-10(9(18)19,17-5-11(14,15)16)6-2-3-8(13)7(12)4-6/h2-4,17H,5H2,1H3,(H,18,19). The van der Waals surface area contributed by atoms with E-state index in [4.69, 9.17) is 16.7 Å². The molecule has 0 aromatic heterocycles. The van der Waals surface area contributed by atoms with Crippen LogP contribution in [-0.4, -0.2) is 23.8 Å². The van der Waals surface area contributed by atoms with Crippen molar-refractivity contribution in [1.82, 2.24) is 5.32 Å². The van der Waals surface area contributed by atoms with Gasteiger partial charge in [-0.3, -0.25) is 5.32 Å². The van der Waals surface area contributed by atoms with Gasteiger partial charge in [-0.05, 0) is 24.6 Å². The zero-order valence-corrected chi connectivity index (χ0v) is 10.4. The van der Waals surface area contributed by atoms with Crippen molar-refractivity contribution < 1.29 is 27.5 Å². The van der Waals surface area contributed by atoms with Gasteiger partial charge < -0.3 is 5.11 Å². The Labute approximate surface area is 111 Å². The Balaban J connectivity index is 3.11. The van der Waals surface area contributed by atoms with Gasteiger partial charge in [0, 0.05) is 0 Å². The molecule has 2 N–H and O–H groups in total. The van der Waals surface area contributed by atoms with E-state index in [1.807, 2.05) is 5.32 Å². The van der Waals surface area contributed by atoms with Crippen molar-refractivity contribution in [3.63, 3.8) is 0 Å². The quantitative estimate of drug-likeness (QED) is 0.841. The Morgan fingerprint density at radius 2 is 2.00 bits per heavy atom. The first-order valence-corrected chi connectivity index (χ1v) is 5.45. The van der Waals surface area contributed by atoms with Crippen molar-refractivity contribution in [3.8, 4) is 0 Å². The molecule has 106 valence electrons. The van der Waals surface area contributed by atoms with Gasteiger partial charge in [-0.25, -0.2) is 9.18 Å². The van der Waals surface area contributed by atoms with Crippen molar-refractivity contribution in [3.05, 3.63) is 34.6 Å². The van der Waals surface area contributed by atoms with Crippen molar-refractivity contribution in [2.75, 3.05) is 6.54 Å². The fourth-order valence-electron chi connectivity index (χ4n) is 1.39. The van der Waals surface area contributed by atoms with Gasteiger partial charge in [0.2, 0.25) is 0 Å². The number of rotatable bonds is 4. The maximum absolute atomic E-state index is 13.0. The molecule has 0 saturated carbocycles. The van der Waals surface area contributed by atoms with E-state index in [1.54, 1.807) is 0 Å². The minimum atomic E-state index is -4.57. The molecular weight excluding hydrogens is 290 g/mol. The number of benzene rings is 1. The zero-order valence-electron chi connectivity index (χ0n) is 9.68. The van der Waals surface area contributed by atoms with E-state index in [1.165, 1.54) is 0 Å². The van der Waals surface area contributed by atoms with Gasteiger partial charge in [-0.1, -0.05) is 17.7 Å². The highest BCUT2D eigenvalue weighted by molar-refractivity contribution is 6.30. The van der Waals surface area contributed by atoms with Gasteiger partial charge in [0.1, 0.15) is 11.4 Å². The lowest BCUT2D eigenvalue weighted by Crippen LogP contribution is -2.50. The summed E-state index contributed by atoms with van der Waals surface area (Å²) < 4.78 is 49.5. The van der Waals surface area contributed by atoms with Crippen LogP contribution in [0.2, 0.25) is 5.02 Å². The molecule has 19 heavy (non-hydrogen) atoms. The van der Waals surface area contributed by atoms with Gasteiger partial charge in [0.05, 0.1) is 11.6 Å². The third-order valence-corrected chi connectivity index (χ3v) is 2.86. The van der Waals surface area contributed by atoms with Gasteiger partial charge in [-0.2, -0.15) is 13.2 Å². The second-order valence-corrected chi connectivity index (χ2v) is 4.43. The fourth-order valence-corrected chi connectivity index (χ4v) is 1.57. The molecule has 0 aliphatic heterocycles. The number of halogens is 5. The minimum absolute atomic E-state index is 0.0735. The minimum Gasteiger partial charge on any atom is -0.480 e. The Kier molecular flexibility index (Phi) is 4.42. The lowest BCUT2D eigenvalue weighted by molar-refractivity contribution is -0.150. The number of hydrogen-bond acceptors (Lipinski definition) is 2. The molecule has 8 heteroatoms.